The Morgan fingerprint density at radius 2 is 1.65 bits per heavy atom. The molecule has 1 N–H and O–H groups in total. The Bertz CT molecular complexity index is 186. The van der Waals surface area contributed by atoms with E-state index in [1.165, 1.54) is 37.2 Å². The maximum atomic E-state index is 3.68. The van der Waals surface area contributed by atoms with Gasteiger partial charge in [-0.2, -0.15) is 11.8 Å². The van der Waals surface area contributed by atoms with Crippen molar-refractivity contribution in [1.29, 1.82) is 0 Å². The zero-order chi connectivity index (χ0) is 13.4. The van der Waals surface area contributed by atoms with Gasteiger partial charge in [-0.1, -0.05) is 27.2 Å². The van der Waals surface area contributed by atoms with Gasteiger partial charge in [-0.25, -0.2) is 0 Å². The SMILES string of the molecule is CCCC(C)(CCCSCC)CNC(C)(C)C. The van der Waals surface area contributed by atoms with E-state index in [0.29, 0.717) is 5.41 Å². The minimum Gasteiger partial charge on any atom is -0.312 e. The quantitative estimate of drug-likeness (QED) is 0.602. The molecule has 0 aliphatic rings. The first kappa shape index (κ1) is 17.3. The first-order chi connectivity index (χ1) is 7.83. The molecule has 0 aromatic rings. The normalized spacial score (nSPS) is 15.9. The van der Waals surface area contributed by atoms with Crippen LogP contribution in [0.2, 0.25) is 0 Å². The van der Waals surface area contributed by atoms with E-state index in [9.17, 15) is 0 Å². The van der Waals surface area contributed by atoms with Crippen molar-refractivity contribution < 1.29 is 0 Å². The Balaban J connectivity index is 4.06. The van der Waals surface area contributed by atoms with E-state index in [4.69, 9.17) is 0 Å². The minimum atomic E-state index is 0.243. The Kier molecular flexibility index (Phi) is 8.57. The molecular weight excluding hydrogens is 226 g/mol. The van der Waals surface area contributed by atoms with Crippen molar-refractivity contribution >= 4 is 11.8 Å². The van der Waals surface area contributed by atoms with Gasteiger partial charge in [-0.05, 0) is 57.0 Å². The van der Waals surface area contributed by atoms with Crippen LogP contribution in [0, 0.1) is 5.41 Å². The minimum absolute atomic E-state index is 0.243. The molecule has 0 radical (unpaired) electrons. The van der Waals surface area contributed by atoms with E-state index in [1.54, 1.807) is 0 Å². The molecule has 0 rings (SSSR count). The van der Waals surface area contributed by atoms with Crippen LogP contribution in [0.1, 0.15) is 67.2 Å². The van der Waals surface area contributed by atoms with Crippen molar-refractivity contribution in [3.8, 4) is 0 Å². The summed E-state index contributed by atoms with van der Waals surface area (Å²) in [5, 5.41) is 3.68. The molecule has 0 bridgehead atoms. The third-order valence-corrected chi connectivity index (χ3v) is 4.16. The molecule has 0 aromatic carbocycles. The van der Waals surface area contributed by atoms with E-state index >= 15 is 0 Å². The van der Waals surface area contributed by atoms with Crippen LogP contribution in [0.3, 0.4) is 0 Å². The topological polar surface area (TPSA) is 12.0 Å². The maximum Gasteiger partial charge on any atom is 0.00967 e. The molecule has 0 aliphatic heterocycles. The molecule has 1 unspecified atom stereocenters. The molecule has 1 atom stereocenters. The Morgan fingerprint density at radius 1 is 1.00 bits per heavy atom. The summed E-state index contributed by atoms with van der Waals surface area (Å²) in [6.07, 6.45) is 5.36. The first-order valence-electron chi connectivity index (χ1n) is 7.16. The van der Waals surface area contributed by atoms with Crippen LogP contribution in [-0.2, 0) is 0 Å². The monoisotopic (exact) mass is 259 g/mol. The molecule has 17 heavy (non-hydrogen) atoms. The highest BCUT2D eigenvalue weighted by molar-refractivity contribution is 7.99. The number of hydrogen-bond acceptors (Lipinski definition) is 2. The zero-order valence-corrected chi connectivity index (χ0v) is 13.7. The van der Waals surface area contributed by atoms with Gasteiger partial charge >= 0.3 is 0 Å². The van der Waals surface area contributed by atoms with Gasteiger partial charge in [0.15, 0.2) is 0 Å². The maximum absolute atomic E-state index is 3.68. The van der Waals surface area contributed by atoms with Gasteiger partial charge in [-0.15, -0.1) is 0 Å². The number of rotatable bonds is 9. The van der Waals surface area contributed by atoms with Crippen LogP contribution >= 0.6 is 11.8 Å². The first-order valence-corrected chi connectivity index (χ1v) is 8.31. The molecule has 2 heteroatoms. The van der Waals surface area contributed by atoms with Gasteiger partial charge in [-0.3, -0.25) is 0 Å². The lowest BCUT2D eigenvalue weighted by atomic mass is 9.80. The van der Waals surface area contributed by atoms with Crippen LogP contribution in [-0.4, -0.2) is 23.6 Å². The summed E-state index contributed by atoms with van der Waals surface area (Å²) in [5.74, 6) is 2.58. The summed E-state index contributed by atoms with van der Waals surface area (Å²) in [6.45, 7) is 14.9. The molecule has 1 nitrogen and oxygen atoms in total. The lowest BCUT2D eigenvalue weighted by molar-refractivity contribution is 0.227. The average molecular weight is 260 g/mol. The number of nitrogens with one attached hydrogen (secondary N) is 1. The summed E-state index contributed by atoms with van der Waals surface area (Å²) in [4.78, 5) is 0. The highest BCUT2D eigenvalue weighted by atomic mass is 32.2. The number of hydrogen-bond donors (Lipinski definition) is 1. The fourth-order valence-corrected chi connectivity index (χ4v) is 2.77. The molecule has 0 aromatic heterocycles. The predicted molar refractivity (Wildman–Crippen MR) is 83.0 cm³/mol. The molecule has 0 amide bonds. The molecule has 104 valence electrons. The second kappa shape index (κ2) is 8.42. The zero-order valence-electron chi connectivity index (χ0n) is 12.9. The van der Waals surface area contributed by atoms with Crippen molar-refractivity contribution in [3.05, 3.63) is 0 Å². The van der Waals surface area contributed by atoms with Crippen molar-refractivity contribution in [1.82, 2.24) is 5.32 Å². The van der Waals surface area contributed by atoms with Crippen LogP contribution < -0.4 is 5.32 Å². The summed E-state index contributed by atoms with van der Waals surface area (Å²) < 4.78 is 0. The third kappa shape index (κ3) is 9.96. The summed E-state index contributed by atoms with van der Waals surface area (Å²) in [5.41, 5.74) is 0.726. The standard InChI is InChI=1S/C15H33NS/c1-7-10-15(6,11-9-12-17-8-2)13-16-14(3,4)5/h16H,7-13H2,1-6H3. The second-order valence-electron chi connectivity index (χ2n) is 6.46. The lowest BCUT2D eigenvalue weighted by Crippen LogP contribution is -2.43. The summed E-state index contributed by atoms with van der Waals surface area (Å²) >= 11 is 2.07. The van der Waals surface area contributed by atoms with Crippen LogP contribution in [0.4, 0.5) is 0 Å². The third-order valence-electron chi connectivity index (χ3n) is 3.17. The van der Waals surface area contributed by atoms with Gasteiger partial charge in [0.05, 0.1) is 0 Å². The van der Waals surface area contributed by atoms with E-state index in [1.807, 2.05) is 0 Å². The summed E-state index contributed by atoms with van der Waals surface area (Å²) in [7, 11) is 0. The van der Waals surface area contributed by atoms with Crippen molar-refractivity contribution in [2.24, 2.45) is 5.41 Å². The van der Waals surface area contributed by atoms with Crippen molar-refractivity contribution in [3.63, 3.8) is 0 Å². The van der Waals surface area contributed by atoms with E-state index in [2.05, 4.69) is 58.6 Å². The molecular formula is C15H33NS. The van der Waals surface area contributed by atoms with Crippen molar-refractivity contribution in [2.75, 3.05) is 18.1 Å². The van der Waals surface area contributed by atoms with Gasteiger partial charge in [0.25, 0.3) is 0 Å². The van der Waals surface area contributed by atoms with E-state index in [-0.39, 0.29) is 5.54 Å². The van der Waals surface area contributed by atoms with Crippen LogP contribution in [0.5, 0.6) is 0 Å². The van der Waals surface area contributed by atoms with Crippen LogP contribution in [0.25, 0.3) is 0 Å². The Labute approximate surface area is 114 Å². The van der Waals surface area contributed by atoms with E-state index in [0.717, 1.165) is 6.54 Å². The average Bonchev–Trinajstić information content (AvgIpc) is 2.22. The molecule has 0 heterocycles. The Morgan fingerprint density at radius 3 is 2.12 bits per heavy atom. The summed E-state index contributed by atoms with van der Waals surface area (Å²) in [6, 6.07) is 0. The van der Waals surface area contributed by atoms with Gasteiger partial charge in [0.2, 0.25) is 0 Å². The molecule has 0 spiro atoms. The number of thioether (sulfide) groups is 1. The second-order valence-corrected chi connectivity index (χ2v) is 7.86. The van der Waals surface area contributed by atoms with Crippen LogP contribution in [0.15, 0.2) is 0 Å². The molecule has 0 saturated carbocycles. The van der Waals surface area contributed by atoms with Gasteiger partial charge < -0.3 is 5.32 Å². The fourth-order valence-electron chi connectivity index (χ4n) is 2.13. The fraction of sp³-hybridized carbons (Fsp3) is 1.00. The van der Waals surface area contributed by atoms with E-state index < -0.39 is 0 Å². The molecule has 0 aliphatic carbocycles. The highest BCUT2D eigenvalue weighted by Gasteiger charge is 2.24. The largest absolute Gasteiger partial charge is 0.312 e. The van der Waals surface area contributed by atoms with Gasteiger partial charge in [0.1, 0.15) is 0 Å². The lowest BCUT2D eigenvalue weighted by Gasteiger charge is -2.33. The molecule has 0 saturated heterocycles. The Hall–Kier alpha value is 0.310. The smallest absolute Gasteiger partial charge is 0.00967 e. The van der Waals surface area contributed by atoms with Crippen molar-refractivity contribution in [2.45, 2.75) is 72.8 Å². The highest BCUT2D eigenvalue weighted by Crippen LogP contribution is 2.29. The predicted octanol–water partition coefficient (Wildman–Crippen LogP) is 4.71. The molecule has 0 fully saturated rings. The van der Waals surface area contributed by atoms with Gasteiger partial charge in [0, 0.05) is 12.1 Å².